The fraction of sp³-hybridized carbons (Fsp3) is 0.846. The zero-order valence-electron chi connectivity index (χ0n) is 11.6. The molecule has 1 spiro atoms. The molecule has 2 aliphatic rings. The number of carbonyl (C=O) groups excluding carboxylic acids is 1. The number of amides is 1. The summed E-state index contributed by atoms with van der Waals surface area (Å²) < 4.78 is 10.9. The summed E-state index contributed by atoms with van der Waals surface area (Å²) in [6.07, 6.45) is 1.06. The van der Waals surface area contributed by atoms with Crippen molar-refractivity contribution in [3.63, 3.8) is 0 Å². The molecular formula is C13H21NO5. The summed E-state index contributed by atoms with van der Waals surface area (Å²) in [4.78, 5) is 24.3. The highest BCUT2D eigenvalue weighted by Gasteiger charge is 2.51. The Kier molecular flexibility index (Phi) is 3.47. The van der Waals surface area contributed by atoms with E-state index in [1.807, 2.05) is 20.8 Å². The van der Waals surface area contributed by atoms with E-state index in [1.165, 1.54) is 0 Å². The minimum Gasteiger partial charge on any atom is -0.479 e. The molecule has 6 nitrogen and oxygen atoms in total. The van der Waals surface area contributed by atoms with Gasteiger partial charge in [0, 0.05) is 0 Å². The first-order chi connectivity index (χ1) is 8.71. The second-order valence-electron chi connectivity index (χ2n) is 6.36. The standard InChI is InChI=1S/C13H21NO5/c1-12(2,3)19-11(17)14-7-13(8-14)6-4-5-9(18-13)10(15)16/h9H,4-8H2,1-3H3,(H,15,16)/t9-/m1/s1. The van der Waals surface area contributed by atoms with Crippen molar-refractivity contribution in [3.8, 4) is 0 Å². The Balaban J connectivity index is 1.88. The van der Waals surface area contributed by atoms with Crippen molar-refractivity contribution in [1.82, 2.24) is 4.90 Å². The SMILES string of the molecule is CC(C)(C)OC(=O)N1CC2(CCC[C@H](C(=O)O)O2)C1. The maximum atomic E-state index is 11.8. The van der Waals surface area contributed by atoms with Crippen molar-refractivity contribution in [1.29, 1.82) is 0 Å². The highest BCUT2D eigenvalue weighted by molar-refractivity contribution is 5.73. The van der Waals surface area contributed by atoms with Gasteiger partial charge in [0.25, 0.3) is 0 Å². The second kappa shape index (κ2) is 4.67. The molecule has 2 aliphatic heterocycles. The Hall–Kier alpha value is -1.30. The molecule has 6 heteroatoms. The molecule has 108 valence electrons. The van der Waals surface area contributed by atoms with Crippen LogP contribution in [0.4, 0.5) is 4.79 Å². The van der Waals surface area contributed by atoms with Crippen molar-refractivity contribution >= 4 is 12.1 Å². The predicted octanol–water partition coefficient (Wildman–Crippen LogP) is 1.63. The third-order valence-corrected chi connectivity index (χ3v) is 3.38. The average molecular weight is 271 g/mol. The summed E-state index contributed by atoms with van der Waals surface area (Å²) in [5, 5.41) is 8.99. The number of carboxylic acid groups (broad SMARTS) is 1. The monoisotopic (exact) mass is 271 g/mol. The first-order valence-electron chi connectivity index (χ1n) is 6.59. The van der Waals surface area contributed by atoms with Gasteiger partial charge in [-0.25, -0.2) is 9.59 Å². The van der Waals surface area contributed by atoms with E-state index >= 15 is 0 Å². The lowest BCUT2D eigenvalue weighted by atomic mass is 9.85. The molecule has 0 saturated carbocycles. The van der Waals surface area contributed by atoms with Crippen molar-refractivity contribution in [2.24, 2.45) is 0 Å². The summed E-state index contributed by atoms with van der Waals surface area (Å²) in [7, 11) is 0. The molecule has 1 amide bonds. The van der Waals surface area contributed by atoms with Gasteiger partial charge in [0.15, 0.2) is 6.10 Å². The lowest BCUT2D eigenvalue weighted by Gasteiger charge is -2.52. The van der Waals surface area contributed by atoms with Gasteiger partial charge in [-0.1, -0.05) is 0 Å². The number of hydrogen-bond donors (Lipinski definition) is 1. The number of ether oxygens (including phenoxy) is 2. The van der Waals surface area contributed by atoms with Gasteiger partial charge in [-0.05, 0) is 40.0 Å². The van der Waals surface area contributed by atoms with Crippen LogP contribution in [0.2, 0.25) is 0 Å². The number of carboxylic acids is 1. The summed E-state index contributed by atoms with van der Waals surface area (Å²) in [6.45, 7) is 6.30. The molecule has 2 heterocycles. The number of nitrogens with zero attached hydrogens (tertiary/aromatic N) is 1. The summed E-state index contributed by atoms with van der Waals surface area (Å²) in [5.74, 6) is -0.921. The molecule has 0 aliphatic carbocycles. The first-order valence-corrected chi connectivity index (χ1v) is 6.59. The molecule has 1 atom stereocenters. The lowest BCUT2D eigenvalue weighted by Crippen LogP contribution is -2.67. The van der Waals surface area contributed by atoms with E-state index in [9.17, 15) is 9.59 Å². The number of hydrogen-bond acceptors (Lipinski definition) is 4. The Labute approximate surface area is 112 Å². The molecular weight excluding hydrogens is 250 g/mol. The number of carbonyl (C=O) groups is 2. The van der Waals surface area contributed by atoms with E-state index in [0.717, 1.165) is 12.8 Å². The Morgan fingerprint density at radius 1 is 1.37 bits per heavy atom. The zero-order chi connectivity index (χ0) is 14.3. The fourth-order valence-corrected chi connectivity index (χ4v) is 2.54. The molecule has 1 N–H and O–H groups in total. The summed E-state index contributed by atoms with van der Waals surface area (Å²) in [6, 6.07) is 0. The minimum atomic E-state index is -0.921. The molecule has 19 heavy (non-hydrogen) atoms. The largest absolute Gasteiger partial charge is 0.479 e. The van der Waals surface area contributed by atoms with Crippen molar-refractivity contribution < 1.29 is 24.2 Å². The number of aliphatic carboxylic acids is 1. The minimum absolute atomic E-state index is 0.362. The van der Waals surface area contributed by atoms with Gasteiger partial charge in [-0.15, -0.1) is 0 Å². The topological polar surface area (TPSA) is 76.1 Å². The van der Waals surface area contributed by atoms with E-state index in [-0.39, 0.29) is 6.09 Å². The van der Waals surface area contributed by atoms with E-state index in [0.29, 0.717) is 19.5 Å². The third-order valence-electron chi connectivity index (χ3n) is 3.38. The van der Waals surface area contributed by atoms with Crippen LogP contribution in [0.5, 0.6) is 0 Å². The van der Waals surface area contributed by atoms with Crippen LogP contribution in [0.1, 0.15) is 40.0 Å². The van der Waals surface area contributed by atoms with Gasteiger partial charge in [0.2, 0.25) is 0 Å². The van der Waals surface area contributed by atoms with Gasteiger partial charge in [0.05, 0.1) is 13.1 Å². The number of likely N-dealkylation sites (tertiary alicyclic amines) is 1. The van der Waals surface area contributed by atoms with Crippen molar-refractivity contribution in [2.45, 2.75) is 57.3 Å². The lowest BCUT2D eigenvalue weighted by molar-refractivity contribution is -0.205. The molecule has 0 aromatic heterocycles. The average Bonchev–Trinajstić information content (AvgIpc) is 2.23. The van der Waals surface area contributed by atoms with Gasteiger partial charge in [-0.3, -0.25) is 0 Å². The van der Waals surface area contributed by atoms with Crippen molar-refractivity contribution in [2.75, 3.05) is 13.1 Å². The Morgan fingerprint density at radius 3 is 2.53 bits per heavy atom. The van der Waals surface area contributed by atoms with Crippen LogP contribution in [0, 0.1) is 0 Å². The second-order valence-corrected chi connectivity index (χ2v) is 6.36. The van der Waals surface area contributed by atoms with Gasteiger partial charge >= 0.3 is 12.1 Å². The van der Waals surface area contributed by atoms with Crippen LogP contribution < -0.4 is 0 Å². The highest BCUT2D eigenvalue weighted by Crippen LogP contribution is 2.37. The van der Waals surface area contributed by atoms with Crippen LogP contribution in [-0.2, 0) is 14.3 Å². The fourth-order valence-electron chi connectivity index (χ4n) is 2.54. The molecule has 0 bridgehead atoms. The van der Waals surface area contributed by atoms with Crippen LogP contribution in [-0.4, -0.2) is 52.5 Å². The molecule has 2 fully saturated rings. The van der Waals surface area contributed by atoms with Crippen LogP contribution >= 0.6 is 0 Å². The summed E-state index contributed by atoms with van der Waals surface area (Å²) in [5.41, 5.74) is -0.991. The van der Waals surface area contributed by atoms with Gasteiger partial charge < -0.3 is 19.5 Å². The Morgan fingerprint density at radius 2 is 2.00 bits per heavy atom. The van der Waals surface area contributed by atoms with E-state index in [4.69, 9.17) is 14.6 Å². The van der Waals surface area contributed by atoms with Crippen LogP contribution in [0.25, 0.3) is 0 Å². The summed E-state index contributed by atoms with van der Waals surface area (Å²) >= 11 is 0. The molecule has 0 radical (unpaired) electrons. The van der Waals surface area contributed by atoms with Gasteiger partial charge in [-0.2, -0.15) is 0 Å². The predicted molar refractivity (Wildman–Crippen MR) is 66.9 cm³/mol. The smallest absolute Gasteiger partial charge is 0.410 e. The Bertz CT molecular complexity index is 381. The molecule has 0 aromatic rings. The van der Waals surface area contributed by atoms with Gasteiger partial charge in [0.1, 0.15) is 11.2 Å². The normalized spacial score (nSPS) is 25.8. The van der Waals surface area contributed by atoms with E-state index in [2.05, 4.69) is 0 Å². The van der Waals surface area contributed by atoms with E-state index in [1.54, 1.807) is 4.90 Å². The maximum absolute atomic E-state index is 11.8. The van der Waals surface area contributed by atoms with Crippen molar-refractivity contribution in [3.05, 3.63) is 0 Å². The quantitative estimate of drug-likeness (QED) is 0.784. The van der Waals surface area contributed by atoms with Crippen LogP contribution in [0.15, 0.2) is 0 Å². The molecule has 2 saturated heterocycles. The first kappa shape index (κ1) is 14.1. The van der Waals surface area contributed by atoms with Crippen LogP contribution in [0.3, 0.4) is 0 Å². The van der Waals surface area contributed by atoms with E-state index < -0.39 is 23.3 Å². The number of rotatable bonds is 1. The highest BCUT2D eigenvalue weighted by atomic mass is 16.6. The zero-order valence-corrected chi connectivity index (χ0v) is 11.6. The molecule has 0 aromatic carbocycles. The maximum Gasteiger partial charge on any atom is 0.410 e. The third kappa shape index (κ3) is 3.18. The molecule has 2 rings (SSSR count). The molecule has 0 unspecified atom stereocenters.